The molecule has 1 unspecified atom stereocenters. The average molecular weight is 251 g/mol. The summed E-state index contributed by atoms with van der Waals surface area (Å²) in [5.74, 6) is -1.16. The Bertz CT molecular complexity index is 524. The molecule has 1 aromatic heterocycles. The third kappa shape index (κ3) is 2.26. The number of hydrogen-bond acceptors (Lipinski definition) is 2. The van der Waals surface area contributed by atoms with E-state index in [1.807, 2.05) is 14.0 Å². The average Bonchev–Trinajstić information content (AvgIpc) is 2.61. The van der Waals surface area contributed by atoms with E-state index < -0.39 is 11.6 Å². The zero-order chi connectivity index (χ0) is 13.3. The van der Waals surface area contributed by atoms with Crippen molar-refractivity contribution in [1.29, 1.82) is 0 Å². The number of aromatic nitrogens is 2. The molecule has 0 saturated carbocycles. The van der Waals surface area contributed by atoms with Crippen LogP contribution in [-0.4, -0.2) is 16.8 Å². The number of benzene rings is 1. The first-order chi connectivity index (χ1) is 8.52. The first kappa shape index (κ1) is 12.7. The van der Waals surface area contributed by atoms with E-state index >= 15 is 0 Å². The lowest BCUT2D eigenvalue weighted by Gasteiger charge is -2.18. The van der Waals surface area contributed by atoms with Gasteiger partial charge in [-0.05, 0) is 37.2 Å². The lowest BCUT2D eigenvalue weighted by atomic mass is 10.0. The summed E-state index contributed by atoms with van der Waals surface area (Å²) in [7, 11) is 3.56. The minimum atomic E-state index is -0.579. The topological polar surface area (TPSA) is 29.9 Å². The van der Waals surface area contributed by atoms with Gasteiger partial charge in [-0.25, -0.2) is 8.78 Å². The highest BCUT2D eigenvalue weighted by Crippen LogP contribution is 2.25. The maximum absolute atomic E-state index is 13.3. The largest absolute Gasteiger partial charge is 0.308 e. The minimum Gasteiger partial charge on any atom is -0.308 e. The van der Waals surface area contributed by atoms with Gasteiger partial charge in [-0.1, -0.05) is 0 Å². The lowest BCUT2D eigenvalue weighted by Crippen LogP contribution is -2.21. The molecule has 3 nitrogen and oxygen atoms in total. The Morgan fingerprint density at radius 2 is 1.83 bits per heavy atom. The molecule has 2 rings (SSSR count). The fraction of sp³-hybridized carbons (Fsp3) is 0.308. The van der Waals surface area contributed by atoms with Crippen molar-refractivity contribution in [2.75, 3.05) is 7.05 Å². The van der Waals surface area contributed by atoms with Crippen molar-refractivity contribution in [3.8, 4) is 0 Å². The van der Waals surface area contributed by atoms with E-state index in [0.717, 1.165) is 17.3 Å². The zero-order valence-corrected chi connectivity index (χ0v) is 10.5. The summed E-state index contributed by atoms with van der Waals surface area (Å²) >= 11 is 0. The number of rotatable bonds is 3. The fourth-order valence-electron chi connectivity index (χ4n) is 2.17. The molecular weight excluding hydrogens is 236 g/mol. The molecule has 0 radical (unpaired) electrons. The number of halogens is 2. The van der Waals surface area contributed by atoms with Crippen LogP contribution in [0, 0.1) is 18.6 Å². The van der Waals surface area contributed by atoms with Gasteiger partial charge in [0.15, 0.2) is 0 Å². The summed E-state index contributed by atoms with van der Waals surface area (Å²) in [6, 6.07) is 3.24. The molecule has 0 aliphatic rings. The Morgan fingerprint density at radius 1 is 1.22 bits per heavy atom. The van der Waals surface area contributed by atoms with E-state index in [2.05, 4.69) is 10.4 Å². The monoisotopic (exact) mass is 251 g/mol. The third-order valence-electron chi connectivity index (χ3n) is 2.96. The van der Waals surface area contributed by atoms with Crippen molar-refractivity contribution in [3.63, 3.8) is 0 Å². The molecule has 1 atom stereocenters. The summed E-state index contributed by atoms with van der Waals surface area (Å²) in [5.41, 5.74) is 2.41. The van der Waals surface area contributed by atoms with E-state index in [4.69, 9.17) is 0 Å². The normalized spacial score (nSPS) is 12.7. The van der Waals surface area contributed by atoms with Gasteiger partial charge in [0.2, 0.25) is 0 Å². The van der Waals surface area contributed by atoms with Crippen molar-refractivity contribution in [2.45, 2.75) is 13.0 Å². The van der Waals surface area contributed by atoms with Gasteiger partial charge in [0, 0.05) is 13.1 Å². The Balaban J connectivity index is 2.52. The van der Waals surface area contributed by atoms with Crippen LogP contribution in [0.15, 0.2) is 24.4 Å². The van der Waals surface area contributed by atoms with Crippen molar-refractivity contribution >= 4 is 0 Å². The lowest BCUT2D eigenvalue weighted by molar-refractivity contribution is 0.560. The van der Waals surface area contributed by atoms with Gasteiger partial charge in [-0.3, -0.25) is 4.68 Å². The second kappa shape index (κ2) is 4.86. The number of nitrogens with one attached hydrogen (secondary N) is 1. The highest BCUT2D eigenvalue weighted by atomic mass is 19.1. The fourth-order valence-corrected chi connectivity index (χ4v) is 2.17. The first-order valence-electron chi connectivity index (χ1n) is 5.64. The van der Waals surface area contributed by atoms with Gasteiger partial charge in [-0.2, -0.15) is 5.10 Å². The molecule has 0 aliphatic carbocycles. The summed E-state index contributed by atoms with van der Waals surface area (Å²) in [4.78, 5) is 0. The predicted molar refractivity (Wildman–Crippen MR) is 65.2 cm³/mol. The molecule has 0 aliphatic heterocycles. The molecule has 0 saturated heterocycles. The molecule has 1 N–H and O–H groups in total. The van der Waals surface area contributed by atoms with Crippen LogP contribution in [0.5, 0.6) is 0 Å². The highest BCUT2D eigenvalue weighted by Gasteiger charge is 2.19. The van der Waals surface area contributed by atoms with Gasteiger partial charge in [0.25, 0.3) is 0 Å². The maximum atomic E-state index is 13.3. The first-order valence-corrected chi connectivity index (χ1v) is 5.64. The Hall–Kier alpha value is -1.75. The summed E-state index contributed by atoms with van der Waals surface area (Å²) < 4.78 is 28.3. The van der Waals surface area contributed by atoms with Crippen LogP contribution in [-0.2, 0) is 7.05 Å². The van der Waals surface area contributed by atoms with Gasteiger partial charge in [0.05, 0.1) is 17.9 Å². The van der Waals surface area contributed by atoms with E-state index in [9.17, 15) is 8.78 Å². The molecule has 18 heavy (non-hydrogen) atoms. The SMILES string of the molecule is CNC(c1cc(F)cc(F)c1)c1c(C)cnn1C. The van der Waals surface area contributed by atoms with Crippen molar-refractivity contribution in [2.24, 2.45) is 7.05 Å². The van der Waals surface area contributed by atoms with E-state index in [0.29, 0.717) is 5.56 Å². The highest BCUT2D eigenvalue weighted by molar-refractivity contribution is 5.32. The number of hydrogen-bond donors (Lipinski definition) is 1. The smallest absolute Gasteiger partial charge is 0.126 e. The third-order valence-corrected chi connectivity index (χ3v) is 2.96. The quantitative estimate of drug-likeness (QED) is 0.907. The molecule has 0 spiro atoms. The van der Waals surface area contributed by atoms with Crippen LogP contribution < -0.4 is 5.32 Å². The van der Waals surface area contributed by atoms with Gasteiger partial charge < -0.3 is 5.32 Å². The van der Waals surface area contributed by atoms with E-state index in [1.165, 1.54) is 12.1 Å². The Labute approximate surface area is 104 Å². The second-order valence-electron chi connectivity index (χ2n) is 4.26. The maximum Gasteiger partial charge on any atom is 0.126 e. The number of nitrogens with zero attached hydrogens (tertiary/aromatic N) is 2. The Kier molecular flexibility index (Phi) is 3.43. The Morgan fingerprint density at radius 3 is 2.28 bits per heavy atom. The second-order valence-corrected chi connectivity index (χ2v) is 4.26. The summed E-state index contributed by atoms with van der Waals surface area (Å²) in [6.45, 7) is 1.92. The molecule has 1 heterocycles. The predicted octanol–water partition coefficient (Wildman–Crippen LogP) is 2.32. The van der Waals surface area contributed by atoms with Crippen LogP contribution >= 0.6 is 0 Å². The van der Waals surface area contributed by atoms with Crippen LogP contribution in [0.25, 0.3) is 0 Å². The van der Waals surface area contributed by atoms with Crippen LogP contribution in [0.3, 0.4) is 0 Å². The van der Waals surface area contributed by atoms with Crippen molar-refractivity contribution in [3.05, 3.63) is 52.9 Å². The number of aryl methyl sites for hydroxylation is 2. The van der Waals surface area contributed by atoms with E-state index in [-0.39, 0.29) is 6.04 Å². The van der Waals surface area contributed by atoms with Crippen LogP contribution in [0.4, 0.5) is 8.78 Å². The standard InChI is InChI=1S/C13H15F2N3/c1-8-7-17-18(3)13(8)12(16-2)9-4-10(14)6-11(15)5-9/h4-7,12,16H,1-3H3. The molecule has 0 amide bonds. The summed E-state index contributed by atoms with van der Waals surface area (Å²) in [5, 5.41) is 7.21. The molecule has 0 fully saturated rings. The van der Waals surface area contributed by atoms with E-state index in [1.54, 1.807) is 17.9 Å². The van der Waals surface area contributed by atoms with Gasteiger partial charge in [-0.15, -0.1) is 0 Å². The molecule has 0 bridgehead atoms. The molecule has 96 valence electrons. The van der Waals surface area contributed by atoms with Crippen molar-refractivity contribution in [1.82, 2.24) is 15.1 Å². The van der Waals surface area contributed by atoms with Crippen LogP contribution in [0.1, 0.15) is 22.9 Å². The van der Waals surface area contributed by atoms with Crippen molar-refractivity contribution < 1.29 is 8.78 Å². The summed E-state index contributed by atoms with van der Waals surface area (Å²) in [6.07, 6.45) is 1.73. The van der Waals surface area contributed by atoms with Gasteiger partial charge >= 0.3 is 0 Å². The zero-order valence-electron chi connectivity index (χ0n) is 10.5. The van der Waals surface area contributed by atoms with Gasteiger partial charge in [0.1, 0.15) is 11.6 Å². The molecule has 2 aromatic rings. The molecule has 5 heteroatoms. The minimum absolute atomic E-state index is 0.289. The van der Waals surface area contributed by atoms with Crippen LogP contribution in [0.2, 0.25) is 0 Å². The molecule has 1 aromatic carbocycles. The molecular formula is C13H15F2N3.